The molecule has 1 aromatic rings. The average Bonchev–Trinajstić information content (AvgIpc) is 2.39. The van der Waals surface area contributed by atoms with Gasteiger partial charge in [0.15, 0.2) is 0 Å². The molecule has 19 heavy (non-hydrogen) atoms. The average molecular weight is 301 g/mol. The van der Waals surface area contributed by atoms with Crippen molar-refractivity contribution in [3.05, 3.63) is 29.3 Å². The van der Waals surface area contributed by atoms with Gasteiger partial charge in [0.25, 0.3) is 0 Å². The summed E-state index contributed by atoms with van der Waals surface area (Å²) in [4.78, 5) is 0.279. The summed E-state index contributed by atoms with van der Waals surface area (Å²) in [5, 5.41) is 9.26. The van der Waals surface area contributed by atoms with Gasteiger partial charge in [-0.15, -0.1) is 0 Å². The van der Waals surface area contributed by atoms with E-state index in [9.17, 15) is 13.5 Å². The van der Waals surface area contributed by atoms with Gasteiger partial charge in [0, 0.05) is 24.1 Å². The zero-order valence-electron chi connectivity index (χ0n) is 11.2. The van der Waals surface area contributed by atoms with Gasteiger partial charge in [-0.05, 0) is 37.1 Å². The van der Waals surface area contributed by atoms with Crippen LogP contribution in [-0.2, 0) is 16.6 Å². The highest BCUT2D eigenvalue weighted by Gasteiger charge is 2.31. The zero-order chi connectivity index (χ0) is 14.0. The van der Waals surface area contributed by atoms with Crippen molar-refractivity contribution in [2.24, 2.45) is 0 Å². The van der Waals surface area contributed by atoms with E-state index in [-0.39, 0.29) is 17.5 Å². The van der Waals surface area contributed by atoms with Gasteiger partial charge in [-0.25, -0.2) is 8.42 Å². The Balaban J connectivity index is 2.38. The van der Waals surface area contributed by atoms with Crippen LogP contribution in [0.1, 0.15) is 18.1 Å². The lowest BCUT2D eigenvalue weighted by Gasteiger charge is -2.32. The minimum absolute atomic E-state index is 0.0163. The number of aliphatic hydroxyl groups excluding tert-OH is 1. The maximum atomic E-state index is 12.6. The summed E-state index contributed by atoms with van der Waals surface area (Å²) in [5.74, 6) is 1.67. The molecule has 1 unspecified atom stereocenters. The van der Waals surface area contributed by atoms with Crippen molar-refractivity contribution in [3.8, 4) is 0 Å². The molecule has 0 aromatic heterocycles. The molecular formula is C13H19NO3S2. The fraction of sp³-hybridized carbons (Fsp3) is 0.538. The van der Waals surface area contributed by atoms with E-state index in [2.05, 4.69) is 0 Å². The minimum Gasteiger partial charge on any atom is -0.392 e. The minimum atomic E-state index is -3.45. The quantitative estimate of drug-likeness (QED) is 0.921. The Bertz CT molecular complexity index is 557. The molecule has 2 rings (SSSR count). The summed E-state index contributed by atoms with van der Waals surface area (Å²) in [6.07, 6.45) is 0. The van der Waals surface area contributed by atoms with Crippen LogP contribution in [0.2, 0.25) is 0 Å². The second-order valence-corrected chi connectivity index (χ2v) is 7.83. The topological polar surface area (TPSA) is 57.6 Å². The van der Waals surface area contributed by atoms with Crippen LogP contribution in [0.15, 0.2) is 23.1 Å². The van der Waals surface area contributed by atoms with Crippen LogP contribution >= 0.6 is 11.8 Å². The van der Waals surface area contributed by atoms with Crippen LogP contribution in [-0.4, -0.2) is 41.9 Å². The zero-order valence-corrected chi connectivity index (χ0v) is 12.8. The molecule has 0 amide bonds. The number of rotatable bonds is 3. The lowest BCUT2D eigenvalue weighted by molar-refractivity contribution is 0.280. The van der Waals surface area contributed by atoms with Gasteiger partial charge >= 0.3 is 0 Å². The molecule has 1 saturated heterocycles. The molecule has 1 N–H and O–H groups in total. The summed E-state index contributed by atoms with van der Waals surface area (Å²) >= 11 is 1.78. The summed E-state index contributed by atoms with van der Waals surface area (Å²) in [6, 6.07) is 4.97. The predicted octanol–water partition coefficient (Wildman–Crippen LogP) is 1.61. The second kappa shape index (κ2) is 5.83. The van der Waals surface area contributed by atoms with Crippen LogP contribution in [0.3, 0.4) is 0 Å². The lowest BCUT2D eigenvalue weighted by Crippen LogP contribution is -2.44. The number of aliphatic hydroxyl groups is 1. The number of aryl methyl sites for hydroxylation is 1. The number of benzene rings is 1. The van der Waals surface area contributed by atoms with Crippen molar-refractivity contribution in [1.82, 2.24) is 4.31 Å². The molecule has 1 heterocycles. The van der Waals surface area contributed by atoms with Gasteiger partial charge in [0.05, 0.1) is 11.5 Å². The number of nitrogens with zero attached hydrogens (tertiary/aromatic N) is 1. The van der Waals surface area contributed by atoms with Crippen molar-refractivity contribution in [3.63, 3.8) is 0 Å². The normalized spacial score (nSPS) is 21.5. The van der Waals surface area contributed by atoms with Gasteiger partial charge in [0.2, 0.25) is 10.0 Å². The van der Waals surface area contributed by atoms with Gasteiger partial charge in [0.1, 0.15) is 0 Å². The largest absolute Gasteiger partial charge is 0.392 e. The fourth-order valence-corrected chi connectivity index (χ4v) is 5.09. The third-order valence-electron chi connectivity index (χ3n) is 3.40. The Kier molecular flexibility index (Phi) is 4.55. The number of sulfonamides is 1. The standard InChI is InChI=1S/C13H19NO3S2/c1-10-3-4-13(7-12(10)8-15)19(16,17)14-5-6-18-9-11(14)2/h3-4,7,11,15H,5-6,8-9H2,1-2H3. The van der Waals surface area contributed by atoms with Crippen molar-refractivity contribution < 1.29 is 13.5 Å². The Morgan fingerprint density at radius 2 is 2.21 bits per heavy atom. The third kappa shape index (κ3) is 2.97. The molecule has 1 aliphatic heterocycles. The van der Waals surface area contributed by atoms with E-state index in [0.717, 1.165) is 17.1 Å². The first-order valence-electron chi connectivity index (χ1n) is 6.27. The van der Waals surface area contributed by atoms with Crippen LogP contribution in [0.4, 0.5) is 0 Å². The molecule has 0 bridgehead atoms. The van der Waals surface area contributed by atoms with E-state index < -0.39 is 10.0 Å². The van der Waals surface area contributed by atoms with E-state index in [1.54, 1.807) is 34.3 Å². The van der Waals surface area contributed by atoms with E-state index in [1.807, 2.05) is 13.8 Å². The first kappa shape index (κ1) is 14.8. The van der Waals surface area contributed by atoms with Gasteiger partial charge in [-0.2, -0.15) is 16.1 Å². The van der Waals surface area contributed by atoms with Crippen molar-refractivity contribution in [1.29, 1.82) is 0 Å². The first-order chi connectivity index (χ1) is 8.96. The molecule has 1 aliphatic rings. The third-order valence-corrected chi connectivity index (χ3v) is 6.60. The van der Waals surface area contributed by atoms with Crippen molar-refractivity contribution in [2.45, 2.75) is 31.4 Å². The smallest absolute Gasteiger partial charge is 0.243 e. The van der Waals surface area contributed by atoms with Gasteiger partial charge in [-0.3, -0.25) is 0 Å². The molecule has 1 aromatic carbocycles. The molecule has 4 nitrogen and oxygen atoms in total. The Morgan fingerprint density at radius 1 is 1.47 bits per heavy atom. The highest BCUT2D eigenvalue weighted by atomic mass is 32.2. The molecule has 0 aliphatic carbocycles. The second-order valence-electron chi connectivity index (χ2n) is 4.79. The van der Waals surface area contributed by atoms with Crippen LogP contribution < -0.4 is 0 Å². The predicted molar refractivity (Wildman–Crippen MR) is 77.8 cm³/mol. The summed E-state index contributed by atoms with van der Waals surface area (Å²) in [5.41, 5.74) is 1.57. The van der Waals surface area contributed by atoms with Crippen LogP contribution in [0.5, 0.6) is 0 Å². The van der Waals surface area contributed by atoms with Crippen molar-refractivity contribution in [2.75, 3.05) is 18.1 Å². The Hall–Kier alpha value is -0.560. The number of thioether (sulfide) groups is 1. The molecule has 6 heteroatoms. The van der Waals surface area contributed by atoms with E-state index >= 15 is 0 Å². The van der Waals surface area contributed by atoms with Gasteiger partial charge in [-0.1, -0.05) is 6.07 Å². The monoisotopic (exact) mass is 301 g/mol. The Labute approximate surface area is 118 Å². The number of hydrogen-bond acceptors (Lipinski definition) is 4. The maximum absolute atomic E-state index is 12.6. The summed E-state index contributed by atoms with van der Waals surface area (Å²) < 4.78 is 26.8. The molecule has 0 radical (unpaired) electrons. The van der Waals surface area contributed by atoms with E-state index in [4.69, 9.17) is 0 Å². The molecule has 1 fully saturated rings. The highest BCUT2D eigenvalue weighted by molar-refractivity contribution is 7.99. The molecular weight excluding hydrogens is 282 g/mol. The number of hydrogen-bond donors (Lipinski definition) is 1. The Morgan fingerprint density at radius 3 is 2.84 bits per heavy atom. The lowest BCUT2D eigenvalue weighted by atomic mass is 10.1. The van der Waals surface area contributed by atoms with Crippen molar-refractivity contribution >= 4 is 21.8 Å². The molecule has 1 atom stereocenters. The molecule has 0 saturated carbocycles. The SMILES string of the molecule is Cc1ccc(S(=O)(=O)N2CCSCC2C)cc1CO. The summed E-state index contributed by atoms with van der Waals surface area (Å²) in [6.45, 7) is 4.21. The molecule has 0 spiro atoms. The van der Waals surface area contributed by atoms with Crippen LogP contribution in [0, 0.1) is 6.92 Å². The first-order valence-corrected chi connectivity index (χ1v) is 8.86. The van der Waals surface area contributed by atoms with Crippen LogP contribution in [0.25, 0.3) is 0 Å². The van der Waals surface area contributed by atoms with E-state index in [1.165, 1.54) is 0 Å². The maximum Gasteiger partial charge on any atom is 0.243 e. The summed E-state index contributed by atoms with van der Waals surface area (Å²) in [7, 11) is -3.45. The van der Waals surface area contributed by atoms with Gasteiger partial charge < -0.3 is 5.11 Å². The fourth-order valence-electron chi connectivity index (χ4n) is 2.18. The van der Waals surface area contributed by atoms with E-state index in [0.29, 0.717) is 12.1 Å². The molecule has 106 valence electrons. The highest BCUT2D eigenvalue weighted by Crippen LogP contribution is 2.25.